The largest absolute Gasteiger partial charge is 0.367 e. The molecule has 0 radical (unpaired) electrons. The molecule has 0 aliphatic heterocycles. The minimum Gasteiger partial charge on any atom is -0.367 e. The summed E-state index contributed by atoms with van der Waals surface area (Å²) >= 11 is 12.2. The van der Waals surface area contributed by atoms with Gasteiger partial charge in [-0.2, -0.15) is 5.10 Å². The molecule has 2 aromatic rings. The number of halogens is 3. The Morgan fingerprint density at radius 1 is 1.30 bits per heavy atom. The maximum absolute atomic E-state index is 13.9. The van der Waals surface area contributed by atoms with Gasteiger partial charge in [-0.3, -0.25) is 4.79 Å². The van der Waals surface area contributed by atoms with Gasteiger partial charge in [0, 0.05) is 24.2 Å². The van der Waals surface area contributed by atoms with Crippen LogP contribution in [0, 0.1) is 5.82 Å². The van der Waals surface area contributed by atoms with Crippen molar-refractivity contribution in [2.24, 2.45) is 0 Å². The monoisotopic (exact) mass is 357 g/mol. The first-order valence-corrected chi connectivity index (χ1v) is 7.81. The van der Waals surface area contributed by atoms with Crippen molar-refractivity contribution < 1.29 is 4.39 Å². The summed E-state index contributed by atoms with van der Waals surface area (Å²) in [5.74, 6) is -0.406. The van der Waals surface area contributed by atoms with E-state index in [2.05, 4.69) is 5.10 Å². The van der Waals surface area contributed by atoms with Crippen molar-refractivity contribution in [1.29, 1.82) is 0 Å². The zero-order chi connectivity index (χ0) is 17.4. The summed E-state index contributed by atoms with van der Waals surface area (Å²) in [4.78, 5) is 14.0. The van der Waals surface area contributed by atoms with Crippen LogP contribution in [0.1, 0.15) is 26.3 Å². The van der Waals surface area contributed by atoms with Crippen molar-refractivity contribution in [3.8, 4) is 0 Å². The number of hydrogen-bond acceptors (Lipinski definition) is 3. The molecule has 0 saturated carbocycles. The fraction of sp³-hybridized carbons (Fsp3) is 0.375. The zero-order valence-electron chi connectivity index (χ0n) is 13.4. The van der Waals surface area contributed by atoms with E-state index >= 15 is 0 Å². The Labute approximate surface area is 144 Å². The number of rotatable bonds is 3. The highest BCUT2D eigenvalue weighted by molar-refractivity contribution is 6.33. The summed E-state index contributed by atoms with van der Waals surface area (Å²) < 4.78 is 15.2. The predicted octanol–water partition coefficient (Wildman–Crippen LogP) is 4.08. The van der Waals surface area contributed by atoms with E-state index in [0.717, 1.165) is 0 Å². The van der Waals surface area contributed by atoms with Crippen molar-refractivity contribution in [3.63, 3.8) is 0 Å². The van der Waals surface area contributed by atoms with Gasteiger partial charge in [-0.25, -0.2) is 9.07 Å². The zero-order valence-corrected chi connectivity index (χ0v) is 14.9. The van der Waals surface area contributed by atoms with Crippen LogP contribution >= 0.6 is 23.2 Å². The van der Waals surface area contributed by atoms with E-state index < -0.39 is 11.4 Å². The molecule has 0 atom stereocenters. The third-order valence-corrected chi connectivity index (χ3v) is 4.11. The van der Waals surface area contributed by atoms with Gasteiger partial charge < -0.3 is 4.90 Å². The fourth-order valence-electron chi connectivity index (χ4n) is 2.17. The molecule has 0 amide bonds. The van der Waals surface area contributed by atoms with E-state index in [0.29, 0.717) is 16.3 Å². The molecule has 23 heavy (non-hydrogen) atoms. The van der Waals surface area contributed by atoms with Crippen LogP contribution in [0.5, 0.6) is 0 Å². The molecular formula is C16H18Cl2FN3O. The quantitative estimate of drug-likeness (QED) is 0.830. The van der Waals surface area contributed by atoms with E-state index in [9.17, 15) is 9.18 Å². The molecule has 2 rings (SSSR count). The Balaban J connectivity index is 2.40. The number of benzene rings is 1. The predicted molar refractivity (Wildman–Crippen MR) is 92.0 cm³/mol. The number of aromatic nitrogens is 2. The molecule has 0 aliphatic carbocycles. The average Bonchev–Trinajstić information content (AvgIpc) is 2.44. The van der Waals surface area contributed by atoms with Gasteiger partial charge in [0.05, 0.1) is 17.4 Å². The smallest absolute Gasteiger partial charge is 0.288 e. The van der Waals surface area contributed by atoms with Gasteiger partial charge in [0.2, 0.25) is 0 Å². The second kappa shape index (κ2) is 6.49. The van der Waals surface area contributed by atoms with Crippen LogP contribution in [0.25, 0.3) is 0 Å². The van der Waals surface area contributed by atoms with E-state index in [4.69, 9.17) is 23.2 Å². The second-order valence-corrected chi connectivity index (χ2v) is 7.07. The highest BCUT2D eigenvalue weighted by atomic mass is 35.5. The van der Waals surface area contributed by atoms with Gasteiger partial charge >= 0.3 is 0 Å². The van der Waals surface area contributed by atoms with Crippen molar-refractivity contribution in [2.45, 2.75) is 32.9 Å². The van der Waals surface area contributed by atoms with Crippen LogP contribution in [-0.4, -0.2) is 16.8 Å². The number of hydrogen-bond donors (Lipinski definition) is 0. The highest BCUT2D eigenvalue weighted by Gasteiger charge is 2.21. The number of anilines is 1. The topological polar surface area (TPSA) is 38.1 Å². The Kier molecular flexibility index (Phi) is 5.01. The van der Waals surface area contributed by atoms with Crippen molar-refractivity contribution in [2.75, 3.05) is 11.9 Å². The SMILES string of the molecule is CN(Cc1c(F)cccc1Cl)c1cnn(C(C)(C)C)c(=O)c1Cl. The highest BCUT2D eigenvalue weighted by Crippen LogP contribution is 2.26. The van der Waals surface area contributed by atoms with Gasteiger partial charge in [0.1, 0.15) is 10.8 Å². The molecule has 124 valence electrons. The first-order chi connectivity index (χ1) is 10.6. The molecule has 7 heteroatoms. The van der Waals surface area contributed by atoms with Crippen molar-refractivity contribution >= 4 is 28.9 Å². The van der Waals surface area contributed by atoms with Crippen molar-refractivity contribution in [3.05, 3.63) is 56.2 Å². The average molecular weight is 358 g/mol. The molecule has 0 unspecified atom stereocenters. The minimum absolute atomic E-state index is 0.0462. The lowest BCUT2D eigenvalue weighted by molar-refractivity contribution is 0.338. The van der Waals surface area contributed by atoms with Gasteiger partial charge in [-0.1, -0.05) is 29.3 Å². The maximum atomic E-state index is 13.9. The second-order valence-electron chi connectivity index (χ2n) is 6.29. The van der Waals surface area contributed by atoms with Crippen LogP contribution in [0.15, 0.2) is 29.2 Å². The summed E-state index contributed by atoms with van der Waals surface area (Å²) in [7, 11) is 1.70. The molecule has 0 aliphatic rings. The van der Waals surface area contributed by atoms with Gasteiger partial charge in [0.25, 0.3) is 5.56 Å². The summed E-state index contributed by atoms with van der Waals surface area (Å²) in [5, 5.41) is 4.54. The van der Waals surface area contributed by atoms with Crippen molar-refractivity contribution in [1.82, 2.24) is 9.78 Å². The first-order valence-electron chi connectivity index (χ1n) is 7.05. The minimum atomic E-state index is -0.479. The lowest BCUT2D eigenvalue weighted by Crippen LogP contribution is -2.37. The van der Waals surface area contributed by atoms with Crippen LogP contribution in [0.2, 0.25) is 10.0 Å². The fourth-order valence-corrected chi connectivity index (χ4v) is 2.67. The lowest BCUT2D eigenvalue weighted by Gasteiger charge is -2.24. The standard InChI is InChI=1S/C16H18Cl2FN3O/c1-16(2,3)22-15(23)14(18)13(8-20-22)21(4)9-10-11(17)6-5-7-12(10)19/h5-8H,9H2,1-4H3. The van der Waals surface area contributed by atoms with E-state index in [-0.39, 0.29) is 17.1 Å². The molecule has 0 bridgehead atoms. The van der Waals surface area contributed by atoms with Crippen LogP contribution in [0.4, 0.5) is 10.1 Å². The van der Waals surface area contributed by atoms with Crippen LogP contribution in [0.3, 0.4) is 0 Å². The maximum Gasteiger partial charge on any atom is 0.288 e. The Morgan fingerprint density at radius 2 is 1.96 bits per heavy atom. The molecule has 0 saturated heterocycles. The summed E-state index contributed by atoms with van der Waals surface area (Å²) in [6.07, 6.45) is 1.50. The third kappa shape index (κ3) is 3.67. The lowest BCUT2D eigenvalue weighted by atomic mass is 10.1. The van der Waals surface area contributed by atoms with Gasteiger partial charge in [-0.15, -0.1) is 0 Å². The summed E-state index contributed by atoms with van der Waals surface area (Å²) in [6.45, 7) is 5.76. The molecule has 4 nitrogen and oxygen atoms in total. The molecule has 1 aromatic heterocycles. The van der Waals surface area contributed by atoms with Gasteiger partial charge in [0.15, 0.2) is 0 Å². The third-order valence-electron chi connectivity index (χ3n) is 3.40. The Morgan fingerprint density at radius 3 is 2.52 bits per heavy atom. The first kappa shape index (κ1) is 17.8. The Hall–Kier alpha value is -1.59. The molecule has 1 aromatic carbocycles. The molecule has 0 spiro atoms. The van der Waals surface area contributed by atoms with E-state index in [1.165, 1.54) is 16.9 Å². The molecule has 1 heterocycles. The van der Waals surface area contributed by atoms with Crippen LogP contribution < -0.4 is 10.5 Å². The molecule has 0 fully saturated rings. The molecule has 0 N–H and O–H groups in total. The van der Waals surface area contributed by atoms with E-state index in [1.54, 1.807) is 24.1 Å². The number of nitrogens with zero attached hydrogens (tertiary/aromatic N) is 3. The van der Waals surface area contributed by atoms with Crippen LogP contribution in [-0.2, 0) is 12.1 Å². The summed E-state index contributed by atoms with van der Waals surface area (Å²) in [5.41, 5.74) is -0.0977. The summed E-state index contributed by atoms with van der Waals surface area (Å²) in [6, 6.07) is 4.50. The Bertz CT molecular complexity index is 764. The van der Waals surface area contributed by atoms with E-state index in [1.807, 2.05) is 20.8 Å². The molecular weight excluding hydrogens is 340 g/mol. The normalized spacial score (nSPS) is 11.6. The van der Waals surface area contributed by atoms with Gasteiger partial charge in [-0.05, 0) is 32.9 Å².